The maximum atomic E-state index is 12.4. The lowest BCUT2D eigenvalue weighted by Crippen LogP contribution is -2.27. The van der Waals surface area contributed by atoms with E-state index in [1.54, 1.807) is 19.1 Å². The predicted octanol–water partition coefficient (Wildman–Crippen LogP) is 2.74. The fourth-order valence-electron chi connectivity index (χ4n) is 1.76. The van der Waals surface area contributed by atoms with Gasteiger partial charge >= 0.3 is 5.97 Å². The van der Waals surface area contributed by atoms with Crippen molar-refractivity contribution in [2.45, 2.75) is 6.92 Å². The number of aromatic nitrogens is 1. The number of phenolic OH excluding ortho intramolecular Hbond substituents is 1. The summed E-state index contributed by atoms with van der Waals surface area (Å²) < 4.78 is 4.61. The summed E-state index contributed by atoms with van der Waals surface area (Å²) in [7, 11) is 1.48. The van der Waals surface area contributed by atoms with E-state index in [0.29, 0.717) is 9.26 Å². The topological polar surface area (TPSA) is 90.7 Å². The molecule has 1 heterocycles. The van der Waals surface area contributed by atoms with Gasteiger partial charge < -0.3 is 15.1 Å². The van der Waals surface area contributed by atoms with Gasteiger partial charge in [-0.2, -0.15) is 4.37 Å². The molecule has 0 fully saturated rings. The molecule has 2 N–H and O–H groups in total. The van der Waals surface area contributed by atoms with Crippen molar-refractivity contribution in [1.29, 1.82) is 0 Å². The second-order valence-corrected chi connectivity index (χ2v) is 6.20. The van der Waals surface area contributed by atoms with Gasteiger partial charge in [-0.1, -0.05) is 0 Å². The first-order valence-electron chi connectivity index (χ1n) is 5.79. The Hall–Kier alpha value is -1.68. The third-order valence-corrected chi connectivity index (χ3v) is 4.79. The van der Waals surface area contributed by atoms with Gasteiger partial charge in [0.1, 0.15) is 16.3 Å². The van der Waals surface area contributed by atoms with Crippen molar-refractivity contribution < 1.29 is 19.8 Å². The summed E-state index contributed by atoms with van der Waals surface area (Å²) in [6, 6.07) is 4.55. The van der Waals surface area contributed by atoms with Gasteiger partial charge in [-0.05, 0) is 59.2 Å². The van der Waals surface area contributed by atoms with Gasteiger partial charge in [-0.25, -0.2) is 4.79 Å². The number of hydrogen-bond donors (Lipinski definition) is 2. The Morgan fingerprint density at radius 2 is 2.05 bits per heavy atom. The molecule has 1 aromatic heterocycles. The smallest absolute Gasteiger partial charge is 0.340 e. The van der Waals surface area contributed by atoms with Crippen molar-refractivity contribution in [1.82, 2.24) is 4.37 Å². The monoisotopic (exact) mass is 418 g/mol. The second kappa shape index (κ2) is 5.98. The number of anilines is 1. The molecule has 2 aromatic rings. The minimum absolute atomic E-state index is 0.00814. The first kappa shape index (κ1) is 15.7. The summed E-state index contributed by atoms with van der Waals surface area (Å²) in [5.74, 6) is -1.52. The molecular weight excluding hydrogens is 407 g/mol. The highest BCUT2D eigenvalue weighted by atomic mass is 127. The molecule has 0 saturated heterocycles. The number of hydrogen-bond acceptors (Lipinski definition) is 5. The fraction of sp³-hybridized carbons (Fsp3) is 0.154. The van der Waals surface area contributed by atoms with Gasteiger partial charge in [0.05, 0.1) is 9.26 Å². The number of aryl methyl sites for hydroxylation is 1. The van der Waals surface area contributed by atoms with Crippen molar-refractivity contribution in [2.24, 2.45) is 0 Å². The minimum atomic E-state index is -1.12. The summed E-state index contributed by atoms with van der Waals surface area (Å²) in [5, 5.41) is 19.1. The summed E-state index contributed by atoms with van der Waals surface area (Å²) >= 11 is 2.90. The number of aromatic carboxylic acids is 1. The van der Waals surface area contributed by atoms with Gasteiger partial charge in [0.15, 0.2) is 0 Å². The van der Waals surface area contributed by atoms with Crippen molar-refractivity contribution >= 4 is 51.0 Å². The van der Waals surface area contributed by atoms with E-state index >= 15 is 0 Å². The molecule has 0 atom stereocenters. The number of phenols is 1. The first-order valence-corrected chi connectivity index (χ1v) is 7.64. The van der Waals surface area contributed by atoms with Gasteiger partial charge in [-0.15, -0.1) is 0 Å². The molecule has 0 saturated carbocycles. The number of nitrogens with zero attached hydrogens (tertiary/aromatic N) is 2. The van der Waals surface area contributed by atoms with Crippen LogP contribution in [0.15, 0.2) is 18.2 Å². The first-order chi connectivity index (χ1) is 9.82. The quantitative estimate of drug-likeness (QED) is 0.749. The Morgan fingerprint density at radius 3 is 2.62 bits per heavy atom. The van der Waals surface area contributed by atoms with Crippen molar-refractivity contribution in [3.63, 3.8) is 0 Å². The highest BCUT2D eigenvalue weighted by Gasteiger charge is 2.24. The van der Waals surface area contributed by atoms with Gasteiger partial charge in [0.2, 0.25) is 0 Å². The lowest BCUT2D eigenvalue weighted by molar-refractivity contribution is 0.0697. The number of carbonyl (C=O) groups is 2. The van der Waals surface area contributed by atoms with Crippen LogP contribution < -0.4 is 4.90 Å². The Morgan fingerprint density at radius 1 is 1.38 bits per heavy atom. The molecule has 1 amide bonds. The Labute approximate surface area is 138 Å². The summed E-state index contributed by atoms with van der Waals surface area (Å²) in [6.45, 7) is 1.58. The molecule has 0 unspecified atom stereocenters. The van der Waals surface area contributed by atoms with Crippen LogP contribution in [-0.2, 0) is 0 Å². The molecule has 21 heavy (non-hydrogen) atoms. The van der Waals surface area contributed by atoms with Crippen LogP contribution in [0.4, 0.5) is 5.00 Å². The molecule has 0 bridgehead atoms. The molecule has 0 aliphatic rings. The van der Waals surface area contributed by atoms with Gasteiger partial charge in [0.25, 0.3) is 5.91 Å². The van der Waals surface area contributed by atoms with Crippen molar-refractivity contribution in [3.05, 3.63) is 38.6 Å². The summed E-state index contributed by atoms with van der Waals surface area (Å²) in [4.78, 5) is 24.9. The van der Waals surface area contributed by atoms with Crippen LogP contribution in [0.3, 0.4) is 0 Å². The van der Waals surface area contributed by atoms with E-state index in [1.807, 2.05) is 22.6 Å². The highest BCUT2D eigenvalue weighted by molar-refractivity contribution is 14.1. The maximum absolute atomic E-state index is 12.4. The van der Waals surface area contributed by atoms with Crippen LogP contribution in [-0.4, -0.2) is 33.5 Å². The fourth-order valence-corrected chi connectivity index (χ4v) is 2.95. The SMILES string of the molecule is Cc1nsc(N(C)C(=O)c2ccc(I)c(O)c2)c1C(=O)O. The van der Waals surface area contributed by atoms with Crippen LogP contribution in [0.1, 0.15) is 26.4 Å². The number of aromatic hydroxyl groups is 1. The van der Waals surface area contributed by atoms with Crippen molar-refractivity contribution in [3.8, 4) is 5.75 Å². The van der Waals surface area contributed by atoms with E-state index in [-0.39, 0.29) is 21.9 Å². The lowest BCUT2D eigenvalue weighted by Gasteiger charge is -2.16. The molecule has 0 aliphatic heterocycles. The second-order valence-electron chi connectivity index (χ2n) is 4.28. The third kappa shape index (κ3) is 3.00. The molecular formula is C13H11IN2O4S. The zero-order valence-corrected chi connectivity index (χ0v) is 14.1. The molecule has 1 aromatic carbocycles. The average molecular weight is 418 g/mol. The third-order valence-electron chi connectivity index (χ3n) is 2.86. The molecule has 0 radical (unpaired) electrons. The normalized spacial score (nSPS) is 10.4. The van der Waals surface area contributed by atoms with E-state index in [9.17, 15) is 19.8 Å². The molecule has 6 nitrogen and oxygen atoms in total. The molecule has 8 heteroatoms. The maximum Gasteiger partial charge on any atom is 0.340 e. The van der Waals surface area contributed by atoms with E-state index in [1.165, 1.54) is 18.0 Å². The minimum Gasteiger partial charge on any atom is -0.507 e. The van der Waals surface area contributed by atoms with E-state index < -0.39 is 11.9 Å². The summed E-state index contributed by atoms with van der Waals surface area (Å²) in [5.41, 5.74) is 0.663. The molecule has 2 rings (SSSR count). The zero-order chi connectivity index (χ0) is 15.7. The van der Waals surface area contributed by atoms with E-state index in [4.69, 9.17) is 0 Å². The Bertz CT molecular complexity index is 729. The number of rotatable bonds is 3. The van der Waals surface area contributed by atoms with Crippen LogP contribution >= 0.6 is 34.1 Å². The predicted molar refractivity (Wildman–Crippen MR) is 87.4 cm³/mol. The number of benzene rings is 1. The molecule has 110 valence electrons. The van der Waals surface area contributed by atoms with Gasteiger partial charge in [0, 0.05) is 12.6 Å². The highest BCUT2D eigenvalue weighted by Crippen LogP contribution is 2.29. The standard InChI is InChI=1S/C13H11IN2O4S/c1-6-10(13(19)20)12(21-15-6)16(2)11(18)7-3-4-8(14)9(17)5-7/h3-5,17H,1-2H3,(H,19,20). The largest absolute Gasteiger partial charge is 0.507 e. The molecule has 0 aliphatic carbocycles. The van der Waals surface area contributed by atoms with E-state index in [2.05, 4.69) is 4.37 Å². The molecule has 0 spiro atoms. The van der Waals surface area contributed by atoms with Crippen LogP contribution in [0.5, 0.6) is 5.75 Å². The van der Waals surface area contributed by atoms with Crippen LogP contribution in [0.2, 0.25) is 0 Å². The lowest BCUT2D eigenvalue weighted by atomic mass is 10.2. The Balaban J connectivity index is 2.40. The Kier molecular flexibility index (Phi) is 4.47. The van der Waals surface area contributed by atoms with Crippen LogP contribution in [0, 0.1) is 10.5 Å². The number of halogens is 1. The number of carboxylic acid groups (broad SMARTS) is 1. The van der Waals surface area contributed by atoms with Crippen LogP contribution in [0.25, 0.3) is 0 Å². The number of amides is 1. The number of carboxylic acids is 1. The van der Waals surface area contributed by atoms with E-state index in [0.717, 1.165) is 11.5 Å². The van der Waals surface area contributed by atoms with Crippen molar-refractivity contribution in [2.75, 3.05) is 11.9 Å². The number of carbonyl (C=O) groups excluding carboxylic acids is 1. The van der Waals surface area contributed by atoms with Gasteiger partial charge in [-0.3, -0.25) is 4.79 Å². The summed E-state index contributed by atoms with van der Waals surface area (Å²) in [6.07, 6.45) is 0. The zero-order valence-electron chi connectivity index (χ0n) is 11.1. The average Bonchev–Trinajstić information content (AvgIpc) is 2.82.